The Bertz CT molecular complexity index is 706. The van der Waals surface area contributed by atoms with Crippen molar-refractivity contribution in [2.75, 3.05) is 6.61 Å². The molecule has 1 N–H and O–H groups in total. The first-order valence-electron chi connectivity index (χ1n) is 7.07. The van der Waals surface area contributed by atoms with Crippen LogP contribution in [0.1, 0.15) is 26.3 Å². The molecular formula is C18H18O4. The molecule has 0 saturated heterocycles. The van der Waals surface area contributed by atoms with E-state index in [-0.39, 0.29) is 23.7 Å². The molecule has 1 aliphatic carbocycles. The summed E-state index contributed by atoms with van der Waals surface area (Å²) in [5.41, 5.74) is 2.18. The van der Waals surface area contributed by atoms with E-state index in [4.69, 9.17) is 4.74 Å². The molecule has 1 aliphatic rings. The van der Waals surface area contributed by atoms with Crippen LogP contribution in [-0.4, -0.2) is 23.5 Å². The predicted octanol–water partition coefficient (Wildman–Crippen LogP) is 3.36. The molecular weight excluding hydrogens is 280 g/mol. The summed E-state index contributed by atoms with van der Waals surface area (Å²) in [6.45, 7) is 5.04. The number of Topliss-reactive ketones (excluding diaryl/α,β-unsaturated/α-hetero) is 1. The van der Waals surface area contributed by atoms with Gasteiger partial charge in [0.1, 0.15) is 5.76 Å². The summed E-state index contributed by atoms with van der Waals surface area (Å²) in [6, 6.07) is 8.99. The second-order valence-corrected chi connectivity index (χ2v) is 4.96. The molecule has 1 aromatic carbocycles. The Balaban J connectivity index is 2.59. The zero-order valence-electron chi connectivity index (χ0n) is 12.8. The van der Waals surface area contributed by atoms with E-state index in [0.717, 1.165) is 0 Å². The third kappa shape index (κ3) is 2.86. The van der Waals surface area contributed by atoms with E-state index in [0.29, 0.717) is 22.3 Å². The number of hydrogen-bond donors (Lipinski definition) is 1. The van der Waals surface area contributed by atoms with Crippen molar-refractivity contribution in [3.63, 3.8) is 0 Å². The van der Waals surface area contributed by atoms with Gasteiger partial charge in [0.25, 0.3) is 0 Å². The topological polar surface area (TPSA) is 63.6 Å². The molecule has 4 heteroatoms. The van der Waals surface area contributed by atoms with Crippen molar-refractivity contribution in [1.29, 1.82) is 0 Å². The molecule has 0 radical (unpaired) electrons. The number of hydrogen-bond acceptors (Lipinski definition) is 4. The average Bonchev–Trinajstić information content (AvgIpc) is 2.85. The van der Waals surface area contributed by atoms with E-state index in [1.807, 2.05) is 18.2 Å². The summed E-state index contributed by atoms with van der Waals surface area (Å²) < 4.78 is 4.99. The molecule has 0 bridgehead atoms. The lowest BCUT2D eigenvalue weighted by Gasteiger charge is -2.06. The van der Waals surface area contributed by atoms with Crippen LogP contribution < -0.4 is 0 Å². The van der Waals surface area contributed by atoms with E-state index in [1.54, 1.807) is 26.0 Å². The Morgan fingerprint density at radius 3 is 2.36 bits per heavy atom. The summed E-state index contributed by atoms with van der Waals surface area (Å²) in [4.78, 5) is 23.9. The number of ketones is 1. The summed E-state index contributed by atoms with van der Waals surface area (Å²) in [5, 5.41) is 10.5. The van der Waals surface area contributed by atoms with Crippen molar-refractivity contribution in [3.05, 3.63) is 64.3 Å². The largest absolute Gasteiger partial charge is 0.507 e. The molecule has 1 aromatic rings. The third-order valence-electron chi connectivity index (χ3n) is 3.49. The zero-order valence-corrected chi connectivity index (χ0v) is 12.8. The molecule has 22 heavy (non-hydrogen) atoms. The number of carbonyl (C=O) groups is 2. The molecule has 2 rings (SSSR count). The molecule has 0 atom stereocenters. The lowest BCUT2D eigenvalue weighted by Crippen LogP contribution is -2.12. The Morgan fingerprint density at radius 1 is 1.18 bits per heavy atom. The summed E-state index contributed by atoms with van der Waals surface area (Å²) in [6.07, 6.45) is 1.52. The van der Waals surface area contributed by atoms with Gasteiger partial charge in [-0.25, -0.2) is 4.79 Å². The summed E-state index contributed by atoms with van der Waals surface area (Å²) in [7, 11) is 0. The molecule has 0 unspecified atom stereocenters. The minimum atomic E-state index is -0.553. The van der Waals surface area contributed by atoms with Gasteiger partial charge in [0, 0.05) is 16.7 Å². The van der Waals surface area contributed by atoms with Crippen molar-refractivity contribution < 1.29 is 19.4 Å². The molecule has 4 nitrogen and oxygen atoms in total. The highest BCUT2D eigenvalue weighted by molar-refractivity contribution is 6.12. The van der Waals surface area contributed by atoms with Gasteiger partial charge in [0.2, 0.25) is 0 Å². The molecule has 0 heterocycles. The number of carbonyl (C=O) groups excluding carboxylic acids is 2. The standard InChI is InChI=1S/C18H18O4/c1-4-22-18(21)15-10-14(11(2)16(15)12(3)19)17(20)13-8-6-5-7-9-13/h5-10,20H,4H2,1-3H3/b17-14+. The van der Waals surface area contributed by atoms with Crippen LogP contribution in [0, 0.1) is 0 Å². The Hall–Kier alpha value is -2.62. The summed E-state index contributed by atoms with van der Waals surface area (Å²) >= 11 is 0. The quantitative estimate of drug-likeness (QED) is 0.684. The smallest absolute Gasteiger partial charge is 0.338 e. The van der Waals surface area contributed by atoms with Crippen LogP contribution in [0.4, 0.5) is 0 Å². The fourth-order valence-electron chi connectivity index (χ4n) is 2.48. The van der Waals surface area contributed by atoms with Crippen molar-refractivity contribution in [1.82, 2.24) is 0 Å². The van der Waals surface area contributed by atoms with E-state index in [9.17, 15) is 14.7 Å². The van der Waals surface area contributed by atoms with Crippen LogP contribution in [-0.2, 0) is 14.3 Å². The minimum Gasteiger partial charge on any atom is -0.507 e. The van der Waals surface area contributed by atoms with Gasteiger partial charge < -0.3 is 9.84 Å². The van der Waals surface area contributed by atoms with Gasteiger partial charge in [-0.3, -0.25) is 4.79 Å². The molecule has 114 valence electrons. The van der Waals surface area contributed by atoms with Gasteiger partial charge in [-0.2, -0.15) is 0 Å². The van der Waals surface area contributed by atoms with Crippen molar-refractivity contribution in [3.8, 4) is 0 Å². The van der Waals surface area contributed by atoms with Gasteiger partial charge in [0.15, 0.2) is 5.78 Å². The fourth-order valence-corrected chi connectivity index (χ4v) is 2.48. The van der Waals surface area contributed by atoms with Gasteiger partial charge in [-0.15, -0.1) is 0 Å². The monoisotopic (exact) mass is 298 g/mol. The Labute approximate surface area is 129 Å². The lowest BCUT2D eigenvalue weighted by molar-refractivity contribution is -0.138. The molecule has 0 spiro atoms. The van der Waals surface area contributed by atoms with Gasteiger partial charge in [-0.05, 0) is 32.4 Å². The number of aliphatic hydroxyl groups is 1. The van der Waals surface area contributed by atoms with Crippen LogP contribution in [0.25, 0.3) is 5.76 Å². The molecule has 0 aliphatic heterocycles. The second kappa shape index (κ2) is 6.43. The maximum Gasteiger partial charge on any atom is 0.338 e. The van der Waals surface area contributed by atoms with E-state index in [2.05, 4.69) is 0 Å². The average molecular weight is 298 g/mol. The van der Waals surface area contributed by atoms with E-state index < -0.39 is 5.97 Å². The number of rotatable bonds is 4. The van der Waals surface area contributed by atoms with Gasteiger partial charge in [-0.1, -0.05) is 30.3 Å². The fraction of sp³-hybridized carbons (Fsp3) is 0.222. The maximum atomic E-state index is 12.0. The molecule has 0 fully saturated rings. The zero-order chi connectivity index (χ0) is 16.3. The van der Waals surface area contributed by atoms with Crippen molar-refractivity contribution >= 4 is 17.5 Å². The van der Waals surface area contributed by atoms with Crippen molar-refractivity contribution in [2.24, 2.45) is 0 Å². The van der Waals surface area contributed by atoms with Crippen LogP contribution in [0.2, 0.25) is 0 Å². The first kappa shape index (κ1) is 15.8. The number of ether oxygens (including phenoxy) is 1. The van der Waals surface area contributed by atoms with Gasteiger partial charge >= 0.3 is 5.97 Å². The Morgan fingerprint density at radius 2 is 1.82 bits per heavy atom. The summed E-state index contributed by atoms with van der Waals surface area (Å²) in [5.74, 6) is -0.744. The van der Waals surface area contributed by atoms with Crippen molar-refractivity contribution in [2.45, 2.75) is 20.8 Å². The number of allylic oxidation sites excluding steroid dienone is 3. The highest BCUT2D eigenvalue weighted by Crippen LogP contribution is 2.35. The minimum absolute atomic E-state index is 0.0381. The molecule has 0 amide bonds. The first-order valence-corrected chi connectivity index (χ1v) is 7.07. The number of benzene rings is 1. The highest BCUT2D eigenvalue weighted by Gasteiger charge is 2.29. The van der Waals surface area contributed by atoms with E-state index >= 15 is 0 Å². The van der Waals surface area contributed by atoms with Gasteiger partial charge in [0.05, 0.1) is 12.2 Å². The predicted molar refractivity (Wildman–Crippen MR) is 84.1 cm³/mol. The Kier molecular flexibility index (Phi) is 4.61. The van der Waals surface area contributed by atoms with Crippen LogP contribution in [0.15, 0.2) is 58.7 Å². The number of aliphatic hydroxyl groups excluding tert-OH is 1. The SMILES string of the molecule is CCOC(=O)C1=C/C(=C(\O)c2ccccc2)C(C)=C1C(C)=O. The lowest BCUT2D eigenvalue weighted by atomic mass is 10.0. The maximum absolute atomic E-state index is 12.0. The second-order valence-electron chi connectivity index (χ2n) is 4.96. The van der Waals surface area contributed by atoms with Crippen LogP contribution in [0.5, 0.6) is 0 Å². The van der Waals surface area contributed by atoms with Crippen LogP contribution in [0.3, 0.4) is 0 Å². The molecule has 0 aromatic heterocycles. The van der Waals surface area contributed by atoms with E-state index in [1.165, 1.54) is 13.0 Å². The normalized spacial score (nSPS) is 16.4. The number of esters is 1. The first-order chi connectivity index (χ1) is 10.5. The van der Waals surface area contributed by atoms with Crippen LogP contribution >= 0.6 is 0 Å². The highest BCUT2D eigenvalue weighted by atomic mass is 16.5. The third-order valence-corrected chi connectivity index (χ3v) is 3.49. The molecule has 0 saturated carbocycles.